The summed E-state index contributed by atoms with van der Waals surface area (Å²) in [5, 5.41) is 5.43. The third kappa shape index (κ3) is 5.48. The van der Waals surface area contributed by atoms with E-state index in [0.717, 1.165) is 0 Å². The highest BCUT2D eigenvalue weighted by Crippen LogP contribution is 2.21. The van der Waals surface area contributed by atoms with E-state index in [9.17, 15) is 14.4 Å². The zero-order valence-corrected chi connectivity index (χ0v) is 15.1. The standard InChI is InChI=1S/C18H25N3O4/c1-5-21-11-12(10-15(21)22)16(23)19-13-6-8-14(9-7-13)20-17(24)25-18(2,3)4/h6-9,12H,5,10-11H2,1-4H3,(H,19,23)(H,20,24)/t12-/m0/s1. The molecule has 0 aromatic heterocycles. The Morgan fingerprint density at radius 1 is 1.16 bits per heavy atom. The van der Waals surface area contributed by atoms with Gasteiger partial charge in [0.15, 0.2) is 0 Å². The molecule has 1 aromatic rings. The van der Waals surface area contributed by atoms with Gasteiger partial charge >= 0.3 is 6.09 Å². The van der Waals surface area contributed by atoms with Crippen LogP contribution in [0, 0.1) is 5.92 Å². The molecular formula is C18H25N3O4. The number of hydrogen-bond acceptors (Lipinski definition) is 4. The lowest BCUT2D eigenvalue weighted by molar-refractivity contribution is -0.128. The fraction of sp³-hybridized carbons (Fsp3) is 0.500. The summed E-state index contributed by atoms with van der Waals surface area (Å²) in [5.41, 5.74) is 0.617. The summed E-state index contributed by atoms with van der Waals surface area (Å²) in [6.45, 7) is 8.34. The Morgan fingerprint density at radius 3 is 2.20 bits per heavy atom. The van der Waals surface area contributed by atoms with Gasteiger partial charge in [0, 0.05) is 30.9 Å². The van der Waals surface area contributed by atoms with Gasteiger partial charge in [0.2, 0.25) is 11.8 Å². The zero-order chi connectivity index (χ0) is 18.6. The molecular weight excluding hydrogens is 322 g/mol. The number of nitrogens with one attached hydrogen (secondary N) is 2. The minimum Gasteiger partial charge on any atom is -0.444 e. The third-order valence-corrected chi connectivity index (χ3v) is 3.76. The number of benzene rings is 1. The van der Waals surface area contributed by atoms with Gasteiger partial charge in [-0.05, 0) is 52.0 Å². The summed E-state index contributed by atoms with van der Waals surface area (Å²) in [6, 6.07) is 6.74. The smallest absolute Gasteiger partial charge is 0.412 e. The van der Waals surface area contributed by atoms with Crippen molar-refractivity contribution in [1.29, 1.82) is 0 Å². The van der Waals surface area contributed by atoms with Gasteiger partial charge in [-0.3, -0.25) is 14.9 Å². The first kappa shape index (κ1) is 18.8. The Bertz CT molecular complexity index is 649. The van der Waals surface area contributed by atoms with Crippen LogP contribution < -0.4 is 10.6 Å². The fourth-order valence-corrected chi connectivity index (χ4v) is 2.56. The van der Waals surface area contributed by atoms with Crippen molar-refractivity contribution in [3.63, 3.8) is 0 Å². The van der Waals surface area contributed by atoms with Gasteiger partial charge in [0.05, 0.1) is 5.92 Å². The van der Waals surface area contributed by atoms with E-state index in [1.807, 2.05) is 6.92 Å². The molecule has 1 aliphatic rings. The Kier molecular flexibility index (Phi) is 5.66. The van der Waals surface area contributed by atoms with Crippen molar-refractivity contribution < 1.29 is 19.1 Å². The van der Waals surface area contributed by atoms with Gasteiger partial charge in [-0.15, -0.1) is 0 Å². The van der Waals surface area contributed by atoms with Crippen LogP contribution in [0.2, 0.25) is 0 Å². The van der Waals surface area contributed by atoms with E-state index < -0.39 is 11.7 Å². The summed E-state index contributed by atoms with van der Waals surface area (Å²) in [7, 11) is 0. The average Bonchev–Trinajstić information content (AvgIpc) is 2.88. The number of amides is 3. The first-order valence-electron chi connectivity index (χ1n) is 8.36. The molecule has 0 spiro atoms. The van der Waals surface area contributed by atoms with Crippen LogP contribution in [0.15, 0.2) is 24.3 Å². The molecule has 1 atom stereocenters. The summed E-state index contributed by atoms with van der Waals surface area (Å²) in [5.74, 6) is -0.483. The van der Waals surface area contributed by atoms with Gasteiger partial charge in [-0.2, -0.15) is 0 Å². The number of anilines is 2. The average molecular weight is 347 g/mol. The molecule has 1 fully saturated rings. The van der Waals surface area contributed by atoms with Gasteiger partial charge in [-0.25, -0.2) is 4.79 Å². The third-order valence-electron chi connectivity index (χ3n) is 3.76. The van der Waals surface area contributed by atoms with Crippen LogP contribution in [-0.4, -0.2) is 41.5 Å². The minimum atomic E-state index is -0.566. The molecule has 0 bridgehead atoms. The molecule has 2 rings (SSSR count). The highest BCUT2D eigenvalue weighted by atomic mass is 16.6. The van der Waals surface area contributed by atoms with Crippen molar-refractivity contribution in [1.82, 2.24) is 4.90 Å². The van der Waals surface area contributed by atoms with Gasteiger partial charge < -0.3 is 15.0 Å². The molecule has 1 aliphatic heterocycles. The monoisotopic (exact) mass is 347 g/mol. The molecule has 1 saturated heterocycles. The predicted molar refractivity (Wildman–Crippen MR) is 95.3 cm³/mol. The molecule has 0 radical (unpaired) electrons. The van der Waals surface area contributed by atoms with Crippen LogP contribution in [0.3, 0.4) is 0 Å². The van der Waals surface area contributed by atoms with E-state index in [0.29, 0.717) is 24.5 Å². The van der Waals surface area contributed by atoms with Crippen molar-refractivity contribution in [2.75, 3.05) is 23.7 Å². The van der Waals surface area contributed by atoms with E-state index in [1.165, 1.54) is 0 Å². The van der Waals surface area contributed by atoms with Crippen LogP contribution in [0.5, 0.6) is 0 Å². The quantitative estimate of drug-likeness (QED) is 0.877. The van der Waals surface area contributed by atoms with Gasteiger partial charge in [0.1, 0.15) is 5.60 Å². The first-order chi connectivity index (χ1) is 11.7. The molecule has 0 unspecified atom stereocenters. The van der Waals surface area contributed by atoms with Crippen LogP contribution in [0.4, 0.5) is 16.2 Å². The SMILES string of the molecule is CCN1C[C@@H](C(=O)Nc2ccc(NC(=O)OC(C)(C)C)cc2)CC1=O. The Morgan fingerprint density at radius 2 is 1.72 bits per heavy atom. The zero-order valence-electron chi connectivity index (χ0n) is 15.1. The van der Waals surface area contributed by atoms with E-state index in [-0.39, 0.29) is 24.2 Å². The molecule has 7 nitrogen and oxygen atoms in total. The highest BCUT2D eigenvalue weighted by molar-refractivity contribution is 5.97. The number of hydrogen-bond donors (Lipinski definition) is 2. The maximum atomic E-state index is 12.3. The Hall–Kier alpha value is -2.57. The van der Waals surface area contributed by atoms with E-state index in [4.69, 9.17) is 4.74 Å². The second-order valence-electron chi connectivity index (χ2n) is 7.03. The largest absolute Gasteiger partial charge is 0.444 e. The van der Waals surface area contributed by atoms with Crippen molar-refractivity contribution in [3.8, 4) is 0 Å². The topological polar surface area (TPSA) is 87.7 Å². The molecule has 7 heteroatoms. The highest BCUT2D eigenvalue weighted by Gasteiger charge is 2.33. The normalized spacial score (nSPS) is 17.4. The molecule has 3 amide bonds. The van der Waals surface area contributed by atoms with E-state index in [1.54, 1.807) is 49.9 Å². The number of likely N-dealkylation sites (tertiary alicyclic amines) is 1. The Balaban J connectivity index is 1.89. The van der Waals surface area contributed by atoms with Gasteiger partial charge in [-0.1, -0.05) is 0 Å². The number of nitrogens with zero attached hydrogens (tertiary/aromatic N) is 1. The summed E-state index contributed by atoms with van der Waals surface area (Å²) >= 11 is 0. The lowest BCUT2D eigenvalue weighted by Gasteiger charge is -2.19. The van der Waals surface area contributed by atoms with Crippen LogP contribution in [0.1, 0.15) is 34.1 Å². The van der Waals surface area contributed by atoms with Crippen molar-refractivity contribution in [2.45, 2.75) is 39.7 Å². The van der Waals surface area contributed by atoms with Crippen molar-refractivity contribution in [3.05, 3.63) is 24.3 Å². The lowest BCUT2D eigenvalue weighted by atomic mass is 10.1. The molecule has 1 heterocycles. The molecule has 2 N–H and O–H groups in total. The van der Waals surface area contributed by atoms with Crippen molar-refractivity contribution in [2.24, 2.45) is 5.92 Å². The van der Waals surface area contributed by atoms with E-state index >= 15 is 0 Å². The first-order valence-corrected chi connectivity index (χ1v) is 8.36. The summed E-state index contributed by atoms with van der Waals surface area (Å²) < 4.78 is 5.18. The molecule has 1 aromatic carbocycles. The molecule has 0 saturated carbocycles. The van der Waals surface area contributed by atoms with Crippen molar-refractivity contribution >= 4 is 29.3 Å². The number of carbonyl (C=O) groups is 3. The number of ether oxygens (including phenoxy) is 1. The molecule has 136 valence electrons. The summed E-state index contributed by atoms with van der Waals surface area (Å²) in [4.78, 5) is 37.4. The minimum absolute atomic E-state index is 0.0135. The maximum absolute atomic E-state index is 12.3. The van der Waals surface area contributed by atoms with Crippen LogP contribution in [-0.2, 0) is 14.3 Å². The lowest BCUT2D eigenvalue weighted by Crippen LogP contribution is -2.28. The second-order valence-corrected chi connectivity index (χ2v) is 7.03. The van der Waals surface area contributed by atoms with Gasteiger partial charge in [0.25, 0.3) is 0 Å². The fourth-order valence-electron chi connectivity index (χ4n) is 2.56. The van der Waals surface area contributed by atoms with Crippen LogP contribution in [0.25, 0.3) is 0 Å². The molecule has 25 heavy (non-hydrogen) atoms. The summed E-state index contributed by atoms with van der Waals surface area (Å²) in [6.07, 6.45) is -0.286. The number of carbonyl (C=O) groups excluding carboxylic acids is 3. The predicted octanol–water partition coefficient (Wildman–Crippen LogP) is 2.84. The second kappa shape index (κ2) is 7.55. The van der Waals surface area contributed by atoms with Crippen LogP contribution >= 0.6 is 0 Å². The van der Waals surface area contributed by atoms with E-state index in [2.05, 4.69) is 10.6 Å². The molecule has 0 aliphatic carbocycles. The Labute approximate surface area is 147 Å². The number of rotatable bonds is 4. The maximum Gasteiger partial charge on any atom is 0.412 e.